The Hall–Kier alpha value is -1.62. The van der Waals surface area contributed by atoms with E-state index in [0.29, 0.717) is 0 Å². The molecule has 0 aliphatic heterocycles. The minimum atomic E-state index is 0.756. The average Bonchev–Trinajstić information content (AvgIpc) is 2.54. The van der Waals surface area contributed by atoms with Crippen molar-refractivity contribution < 1.29 is 9.78 Å². The summed E-state index contributed by atoms with van der Waals surface area (Å²) in [6, 6.07) is 6.37. The van der Waals surface area contributed by atoms with Crippen LogP contribution in [0.4, 0.5) is 0 Å². The summed E-state index contributed by atoms with van der Waals surface area (Å²) in [5, 5.41) is 0. The van der Waals surface area contributed by atoms with Crippen LogP contribution in [0.15, 0.2) is 18.2 Å². The molecule has 0 aliphatic rings. The van der Waals surface area contributed by atoms with Crippen LogP contribution in [0.1, 0.15) is 76.3 Å². The molecule has 0 unspecified atom stereocenters. The highest BCUT2D eigenvalue weighted by Gasteiger charge is 2.07. The van der Waals surface area contributed by atoms with E-state index in [2.05, 4.69) is 37.0 Å². The van der Waals surface area contributed by atoms with Crippen LogP contribution in [0.3, 0.4) is 0 Å². The highest BCUT2D eigenvalue weighted by molar-refractivity contribution is 5.37. The zero-order chi connectivity index (χ0) is 16.0. The summed E-state index contributed by atoms with van der Waals surface area (Å²) in [4.78, 5) is 9.87. The Bertz CT molecular complexity index is 446. The van der Waals surface area contributed by atoms with Gasteiger partial charge < -0.3 is 0 Å². The highest BCUT2D eigenvalue weighted by atomic mass is 17.2. The number of hydrogen-bond donors (Lipinski definition) is 0. The molecule has 0 fully saturated rings. The van der Waals surface area contributed by atoms with Gasteiger partial charge in [0.2, 0.25) is 0 Å². The molecular weight excluding hydrogens is 272 g/mol. The Morgan fingerprint density at radius 1 is 0.909 bits per heavy atom. The van der Waals surface area contributed by atoms with Crippen molar-refractivity contribution in [1.82, 2.24) is 0 Å². The molecule has 1 aromatic rings. The third-order valence-electron chi connectivity index (χ3n) is 3.92. The maximum absolute atomic E-state index is 5.21. The Labute approximate surface area is 136 Å². The summed E-state index contributed by atoms with van der Waals surface area (Å²) in [7, 11) is 0. The second-order valence-electron chi connectivity index (χ2n) is 5.85. The summed E-state index contributed by atoms with van der Waals surface area (Å²) in [5.41, 5.74) is 2.59. The molecule has 0 N–H and O–H groups in total. The van der Waals surface area contributed by atoms with Crippen molar-refractivity contribution in [2.45, 2.75) is 78.1 Å². The van der Waals surface area contributed by atoms with Gasteiger partial charge in [0.15, 0.2) is 11.9 Å². The first kappa shape index (κ1) is 18.4. The lowest BCUT2D eigenvalue weighted by Crippen LogP contribution is -1.98. The SMILES string of the molecule is C#COOc1ccc(CCCCCC)cc1CCCCCC. The molecule has 2 nitrogen and oxygen atoms in total. The standard InChI is InChI=1S/C20H30O2/c1-4-7-9-11-13-18-15-16-20(22-21-6-3)19(17-18)14-12-10-8-5-2/h3,15-17H,4-5,7-14H2,1-2H3. The molecule has 0 saturated carbocycles. The summed E-state index contributed by atoms with van der Waals surface area (Å²) in [6.07, 6.45) is 19.4. The van der Waals surface area contributed by atoms with Crippen molar-refractivity contribution in [3.8, 4) is 18.3 Å². The van der Waals surface area contributed by atoms with Crippen molar-refractivity contribution in [2.24, 2.45) is 0 Å². The Kier molecular flexibility index (Phi) is 10.0. The minimum absolute atomic E-state index is 0.756. The molecule has 122 valence electrons. The molecule has 0 aromatic heterocycles. The van der Waals surface area contributed by atoms with Crippen molar-refractivity contribution in [3.63, 3.8) is 0 Å². The van der Waals surface area contributed by atoms with Gasteiger partial charge in [0.05, 0.1) is 0 Å². The zero-order valence-electron chi connectivity index (χ0n) is 14.2. The van der Waals surface area contributed by atoms with E-state index in [0.717, 1.165) is 18.6 Å². The van der Waals surface area contributed by atoms with Gasteiger partial charge in [-0.25, -0.2) is 4.89 Å². The molecule has 0 atom stereocenters. The molecule has 1 rings (SSSR count). The zero-order valence-corrected chi connectivity index (χ0v) is 14.2. The monoisotopic (exact) mass is 302 g/mol. The third-order valence-corrected chi connectivity index (χ3v) is 3.92. The van der Waals surface area contributed by atoms with Gasteiger partial charge in [0.25, 0.3) is 0 Å². The molecule has 0 bridgehead atoms. The Morgan fingerprint density at radius 2 is 1.59 bits per heavy atom. The highest BCUT2D eigenvalue weighted by Crippen LogP contribution is 2.24. The predicted molar refractivity (Wildman–Crippen MR) is 92.7 cm³/mol. The lowest BCUT2D eigenvalue weighted by molar-refractivity contribution is -0.134. The van der Waals surface area contributed by atoms with Gasteiger partial charge in [-0.1, -0.05) is 70.9 Å². The van der Waals surface area contributed by atoms with Crippen LogP contribution in [0.5, 0.6) is 5.75 Å². The van der Waals surface area contributed by atoms with E-state index in [1.165, 1.54) is 62.5 Å². The normalized spacial score (nSPS) is 10.2. The van der Waals surface area contributed by atoms with Gasteiger partial charge in [-0.05, 0) is 42.9 Å². The summed E-state index contributed by atoms with van der Waals surface area (Å²) < 4.78 is 0. The van der Waals surface area contributed by atoms with Gasteiger partial charge in [0.1, 0.15) is 0 Å². The molecule has 0 spiro atoms. The topological polar surface area (TPSA) is 18.5 Å². The Balaban J connectivity index is 2.62. The van der Waals surface area contributed by atoms with Gasteiger partial charge >= 0.3 is 0 Å². The number of terminal acetylenes is 1. The van der Waals surface area contributed by atoms with E-state index >= 15 is 0 Å². The second-order valence-corrected chi connectivity index (χ2v) is 5.85. The quantitative estimate of drug-likeness (QED) is 0.209. The predicted octanol–water partition coefficient (Wildman–Crippen LogP) is 5.83. The summed E-state index contributed by atoms with van der Waals surface area (Å²) in [5.74, 6) is 0.756. The van der Waals surface area contributed by atoms with E-state index in [9.17, 15) is 0 Å². The number of hydrogen-bond acceptors (Lipinski definition) is 2. The number of rotatable bonds is 12. The van der Waals surface area contributed by atoms with E-state index in [1.807, 2.05) is 6.07 Å². The largest absolute Gasteiger partial charge is 0.281 e. The number of benzene rings is 1. The van der Waals surface area contributed by atoms with E-state index in [1.54, 1.807) is 0 Å². The maximum Gasteiger partial charge on any atom is 0.182 e. The molecule has 0 aliphatic carbocycles. The average molecular weight is 302 g/mol. The van der Waals surface area contributed by atoms with Crippen LogP contribution in [0.2, 0.25) is 0 Å². The first-order chi connectivity index (χ1) is 10.8. The van der Waals surface area contributed by atoms with Gasteiger partial charge in [-0.15, -0.1) is 0 Å². The van der Waals surface area contributed by atoms with E-state index < -0.39 is 0 Å². The minimum Gasteiger partial charge on any atom is -0.281 e. The summed E-state index contributed by atoms with van der Waals surface area (Å²) in [6.45, 7) is 4.47. The number of aryl methyl sites for hydroxylation is 2. The summed E-state index contributed by atoms with van der Waals surface area (Å²) >= 11 is 0. The maximum atomic E-state index is 5.21. The lowest BCUT2D eigenvalue weighted by atomic mass is 10.00. The molecule has 0 amide bonds. The molecule has 0 radical (unpaired) electrons. The third kappa shape index (κ3) is 7.41. The van der Waals surface area contributed by atoms with Crippen LogP contribution in [-0.2, 0) is 17.7 Å². The van der Waals surface area contributed by atoms with Crippen molar-refractivity contribution in [3.05, 3.63) is 29.3 Å². The van der Waals surface area contributed by atoms with E-state index in [4.69, 9.17) is 11.3 Å². The first-order valence-electron chi connectivity index (χ1n) is 8.72. The van der Waals surface area contributed by atoms with Crippen LogP contribution >= 0.6 is 0 Å². The fraction of sp³-hybridized carbons (Fsp3) is 0.600. The molecular formula is C20H30O2. The second kappa shape index (κ2) is 12.0. The molecule has 0 saturated heterocycles. The fourth-order valence-corrected chi connectivity index (χ4v) is 2.63. The van der Waals surface area contributed by atoms with Crippen LogP contribution < -0.4 is 4.89 Å². The number of unbranched alkanes of at least 4 members (excludes halogenated alkanes) is 6. The molecule has 1 aromatic carbocycles. The van der Waals surface area contributed by atoms with Crippen molar-refractivity contribution in [2.75, 3.05) is 0 Å². The van der Waals surface area contributed by atoms with Crippen molar-refractivity contribution >= 4 is 0 Å². The van der Waals surface area contributed by atoms with E-state index in [-0.39, 0.29) is 0 Å². The smallest absolute Gasteiger partial charge is 0.182 e. The van der Waals surface area contributed by atoms with Crippen LogP contribution in [-0.4, -0.2) is 0 Å². The van der Waals surface area contributed by atoms with Crippen LogP contribution in [0.25, 0.3) is 0 Å². The fourth-order valence-electron chi connectivity index (χ4n) is 2.63. The van der Waals surface area contributed by atoms with Gasteiger partial charge in [-0.3, -0.25) is 4.89 Å². The Morgan fingerprint density at radius 3 is 2.23 bits per heavy atom. The molecule has 0 heterocycles. The lowest BCUT2D eigenvalue weighted by Gasteiger charge is -2.10. The molecule has 22 heavy (non-hydrogen) atoms. The molecule has 2 heteroatoms. The van der Waals surface area contributed by atoms with Crippen molar-refractivity contribution in [1.29, 1.82) is 0 Å². The first-order valence-corrected chi connectivity index (χ1v) is 8.72. The van der Waals surface area contributed by atoms with Gasteiger partial charge in [-0.2, -0.15) is 0 Å². The van der Waals surface area contributed by atoms with Gasteiger partial charge in [0, 0.05) is 0 Å². The van der Waals surface area contributed by atoms with Crippen LogP contribution in [0, 0.1) is 12.5 Å².